The van der Waals surface area contributed by atoms with E-state index >= 15 is 0 Å². The molecule has 0 atom stereocenters. The Labute approximate surface area is 120 Å². The molecule has 0 spiro atoms. The third-order valence-corrected chi connectivity index (χ3v) is 3.06. The van der Waals surface area contributed by atoms with Crippen molar-refractivity contribution >= 4 is 17.3 Å². The number of nitro groups is 1. The highest BCUT2D eigenvalue weighted by Gasteiger charge is 2.17. The van der Waals surface area contributed by atoms with Crippen molar-refractivity contribution in [2.24, 2.45) is 0 Å². The van der Waals surface area contributed by atoms with E-state index in [2.05, 4.69) is 20.5 Å². The first-order chi connectivity index (χ1) is 9.92. The molecule has 0 aliphatic heterocycles. The maximum atomic E-state index is 12.0. The number of hydrogen-bond donors (Lipinski definition) is 2. The molecule has 21 heavy (non-hydrogen) atoms. The first-order valence-corrected chi connectivity index (χ1v) is 6.40. The normalized spacial score (nSPS) is 10.4. The molecule has 1 heterocycles. The average molecular weight is 289 g/mol. The van der Waals surface area contributed by atoms with E-state index in [1.54, 1.807) is 19.9 Å². The van der Waals surface area contributed by atoms with Crippen molar-refractivity contribution in [3.8, 4) is 0 Å². The maximum Gasteiger partial charge on any atom is 0.295 e. The molecule has 8 heteroatoms. The lowest BCUT2D eigenvalue weighted by atomic mass is 10.1. The van der Waals surface area contributed by atoms with Crippen molar-refractivity contribution < 1.29 is 9.72 Å². The quantitative estimate of drug-likeness (QED) is 0.661. The lowest BCUT2D eigenvalue weighted by molar-refractivity contribution is -0.385. The van der Waals surface area contributed by atoms with Crippen molar-refractivity contribution in [2.75, 3.05) is 5.32 Å². The molecule has 0 fully saturated rings. The molecule has 1 aromatic carbocycles. The predicted octanol–water partition coefficient (Wildman–Crippen LogP) is 2.14. The second-order valence-corrected chi connectivity index (χ2v) is 4.62. The van der Waals surface area contributed by atoms with Crippen LogP contribution in [-0.2, 0) is 6.42 Å². The SMILES string of the molecule is CCc1nc(C(=O)Nc2cc([N+](=O)[O-])c(C)cc2C)n[nH]1. The minimum absolute atomic E-state index is 0.00878. The molecule has 2 rings (SSSR count). The number of carbonyl (C=O) groups is 1. The van der Waals surface area contributed by atoms with Crippen LogP contribution in [0.25, 0.3) is 0 Å². The van der Waals surface area contributed by atoms with E-state index in [9.17, 15) is 14.9 Å². The molecular formula is C13H15N5O3. The fourth-order valence-corrected chi connectivity index (χ4v) is 1.91. The lowest BCUT2D eigenvalue weighted by Gasteiger charge is -2.08. The number of aromatic amines is 1. The molecule has 0 unspecified atom stereocenters. The molecule has 0 aliphatic rings. The molecule has 110 valence electrons. The second kappa shape index (κ2) is 5.70. The highest BCUT2D eigenvalue weighted by molar-refractivity contribution is 6.02. The minimum Gasteiger partial charge on any atom is -0.319 e. The van der Waals surface area contributed by atoms with Gasteiger partial charge >= 0.3 is 0 Å². The number of amides is 1. The number of rotatable bonds is 4. The summed E-state index contributed by atoms with van der Waals surface area (Å²) in [5.41, 5.74) is 1.61. The summed E-state index contributed by atoms with van der Waals surface area (Å²) in [5, 5.41) is 20.0. The summed E-state index contributed by atoms with van der Waals surface area (Å²) < 4.78 is 0. The fourth-order valence-electron chi connectivity index (χ4n) is 1.91. The van der Waals surface area contributed by atoms with Gasteiger partial charge in [0.25, 0.3) is 11.6 Å². The van der Waals surface area contributed by atoms with E-state index in [4.69, 9.17) is 0 Å². The second-order valence-electron chi connectivity index (χ2n) is 4.62. The summed E-state index contributed by atoms with van der Waals surface area (Å²) in [5.74, 6) is 0.105. The van der Waals surface area contributed by atoms with Gasteiger partial charge in [0.05, 0.1) is 10.6 Å². The molecular weight excluding hydrogens is 274 g/mol. The number of hydrogen-bond acceptors (Lipinski definition) is 5. The molecule has 1 aromatic heterocycles. The summed E-state index contributed by atoms with van der Waals surface area (Å²) >= 11 is 0. The minimum atomic E-state index is -0.507. The van der Waals surface area contributed by atoms with E-state index in [0.29, 0.717) is 23.5 Å². The number of aromatic nitrogens is 3. The maximum absolute atomic E-state index is 12.0. The lowest BCUT2D eigenvalue weighted by Crippen LogP contribution is -2.15. The third kappa shape index (κ3) is 3.04. The number of nitrogens with one attached hydrogen (secondary N) is 2. The van der Waals surface area contributed by atoms with Crippen LogP contribution in [0.5, 0.6) is 0 Å². The zero-order valence-corrected chi connectivity index (χ0v) is 11.9. The number of nitro benzene ring substituents is 1. The van der Waals surface area contributed by atoms with E-state index < -0.39 is 10.8 Å². The van der Waals surface area contributed by atoms with Crippen LogP contribution in [0.2, 0.25) is 0 Å². The summed E-state index contributed by atoms with van der Waals surface area (Å²) in [4.78, 5) is 26.5. The number of nitrogens with zero attached hydrogens (tertiary/aromatic N) is 3. The highest BCUT2D eigenvalue weighted by atomic mass is 16.6. The van der Waals surface area contributed by atoms with Gasteiger partial charge in [-0.2, -0.15) is 0 Å². The van der Waals surface area contributed by atoms with E-state index in [1.807, 2.05) is 6.92 Å². The number of benzene rings is 1. The highest BCUT2D eigenvalue weighted by Crippen LogP contribution is 2.26. The van der Waals surface area contributed by atoms with Gasteiger partial charge < -0.3 is 5.32 Å². The van der Waals surface area contributed by atoms with Crippen LogP contribution >= 0.6 is 0 Å². The summed E-state index contributed by atoms with van der Waals surface area (Å²) in [6.45, 7) is 5.30. The Hall–Kier alpha value is -2.77. The van der Waals surface area contributed by atoms with Crippen molar-refractivity contribution in [3.05, 3.63) is 45.0 Å². The molecule has 8 nitrogen and oxygen atoms in total. The van der Waals surface area contributed by atoms with Crippen LogP contribution in [-0.4, -0.2) is 26.0 Å². The van der Waals surface area contributed by atoms with Crippen molar-refractivity contribution in [3.63, 3.8) is 0 Å². The zero-order valence-electron chi connectivity index (χ0n) is 11.9. The molecule has 0 aliphatic carbocycles. The summed E-state index contributed by atoms with van der Waals surface area (Å²) in [6.07, 6.45) is 0.634. The fraction of sp³-hybridized carbons (Fsp3) is 0.308. The molecule has 0 saturated heterocycles. The van der Waals surface area contributed by atoms with Crippen molar-refractivity contribution in [2.45, 2.75) is 27.2 Å². The average Bonchev–Trinajstić information content (AvgIpc) is 2.90. The van der Waals surface area contributed by atoms with Gasteiger partial charge in [-0.1, -0.05) is 6.92 Å². The predicted molar refractivity (Wildman–Crippen MR) is 76.3 cm³/mol. The van der Waals surface area contributed by atoms with E-state index in [0.717, 1.165) is 5.56 Å². The van der Waals surface area contributed by atoms with Gasteiger partial charge in [-0.15, -0.1) is 5.10 Å². The first-order valence-electron chi connectivity index (χ1n) is 6.40. The molecule has 0 radical (unpaired) electrons. The van der Waals surface area contributed by atoms with E-state index in [1.165, 1.54) is 6.07 Å². The van der Waals surface area contributed by atoms with Gasteiger partial charge in [0.15, 0.2) is 0 Å². The van der Waals surface area contributed by atoms with Gasteiger partial charge in [0.1, 0.15) is 5.82 Å². The van der Waals surface area contributed by atoms with Crippen LogP contribution in [0.1, 0.15) is 34.5 Å². The summed E-state index contributed by atoms with van der Waals surface area (Å²) in [6, 6.07) is 3.00. The van der Waals surface area contributed by atoms with Gasteiger partial charge in [-0.05, 0) is 25.5 Å². The molecule has 1 amide bonds. The number of carbonyl (C=O) groups excluding carboxylic acids is 1. The standard InChI is InChI=1S/C13H15N5O3/c1-4-11-15-12(17-16-11)13(19)14-9-6-10(18(20)21)8(3)5-7(9)2/h5-6H,4H2,1-3H3,(H,14,19)(H,15,16,17). The Morgan fingerprint density at radius 3 is 2.67 bits per heavy atom. The van der Waals surface area contributed by atoms with Gasteiger partial charge in [-0.25, -0.2) is 4.98 Å². The van der Waals surface area contributed by atoms with Crippen molar-refractivity contribution in [1.29, 1.82) is 0 Å². The molecule has 2 aromatic rings. The van der Waals surface area contributed by atoms with Gasteiger partial charge in [0.2, 0.25) is 5.82 Å². The number of H-pyrrole nitrogens is 1. The Kier molecular flexibility index (Phi) is 3.97. The van der Waals surface area contributed by atoms with Crippen LogP contribution in [0.15, 0.2) is 12.1 Å². The molecule has 2 N–H and O–H groups in total. The first kappa shape index (κ1) is 14.6. The number of aryl methyl sites for hydroxylation is 3. The van der Waals surface area contributed by atoms with Crippen molar-refractivity contribution in [1.82, 2.24) is 15.2 Å². The van der Waals surface area contributed by atoms with Gasteiger partial charge in [-0.3, -0.25) is 20.0 Å². The monoisotopic (exact) mass is 289 g/mol. The van der Waals surface area contributed by atoms with Crippen LogP contribution in [0.3, 0.4) is 0 Å². The van der Waals surface area contributed by atoms with Gasteiger partial charge in [0, 0.05) is 18.1 Å². The van der Waals surface area contributed by atoms with E-state index in [-0.39, 0.29) is 11.5 Å². The summed E-state index contributed by atoms with van der Waals surface area (Å²) in [7, 11) is 0. The Morgan fingerprint density at radius 1 is 1.38 bits per heavy atom. The molecule has 0 saturated carbocycles. The Morgan fingerprint density at radius 2 is 2.10 bits per heavy atom. The van der Waals surface area contributed by atoms with Crippen LogP contribution in [0.4, 0.5) is 11.4 Å². The zero-order chi connectivity index (χ0) is 15.6. The topological polar surface area (TPSA) is 114 Å². The van der Waals surface area contributed by atoms with Crippen LogP contribution in [0, 0.1) is 24.0 Å². The largest absolute Gasteiger partial charge is 0.319 e. The Bertz CT molecular complexity index is 708. The molecule has 0 bridgehead atoms. The smallest absolute Gasteiger partial charge is 0.295 e. The Balaban J connectivity index is 2.28. The third-order valence-electron chi connectivity index (χ3n) is 3.06. The van der Waals surface area contributed by atoms with Crippen LogP contribution < -0.4 is 5.32 Å². The number of anilines is 1.